The fourth-order valence-electron chi connectivity index (χ4n) is 4.05. The Morgan fingerprint density at radius 3 is 1.91 bits per heavy atom. The van der Waals surface area contributed by atoms with Gasteiger partial charge in [-0.2, -0.15) is 17.6 Å². The van der Waals surface area contributed by atoms with Crippen molar-refractivity contribution in [2.45, 2.75) is 88.9 Å². The first kappa shape index (κ1) is 35.6. The van der Waals surface area contributed by atoms with E-state index < -0.39 is 59.5 Å². The second-order valence-electron chi connectivity index (χ2n) is 13.2. The van der Waals surface area contributed by atoms with E-state index in [0.29, 0.717) is 5.56 Å². The van der Waals surface area contributed by atoms with Crippen LogP contribution < -0.4 is 13.9 Å². The highest BCUT2D eigenvalue weighted by Crippen LogP contribution is 2.42. The standard InChI is InChI=1S/C32H39F6NO3SSi/c1-29(2,3)43(40)39-31(20-21-12-10-9-11-13-21,23-14-16-24(33)27(19-23)41-32(37,38)28(35)36)22-15-17-26(25(34)18-22)42-44(7,8)30(4,5)6/h9-19,28,39H,20H2,1-8H3/t31?,43-/m1/s1. The first-order valence-electron chi connectivity index (χ1n) is 14.0. The molecular weight excluding hydrogens is 620 g/mol. The van der Waals surface area contributed by atoms with Gasteiger partial charge in [-0.05, 0) is 86.3 Å². The number of ether oxygens (including phenoxy) is 1. The number of benzene rings is 3. The van der Waals surface area contributed by atoms with Gasteiger partial charge in [0.1, 0.15) is 5.75 Å². The summed E-state index contributed by atoms with van der Waals surface area (Å²) in [4.78, 5) is 0. The van der Waals surface area contributed by atoms with Gasteiger partial charge in [-0.15, -0.1) is 0 Å². The third-order valence-electron chi connectivity index (χ3n) is 7.66. The summed E-state index contributed by atoms with van der Waals surface area (Å²) in [7, 11) is -4.32. The van der Waals surface area contributed by atoms with Gasteiger partial charge < -0.3 is 9.16 Å². The van der Waals surface area contributed by atoms with Crippen molar-refractivity contribution in [1.29, 1.82) is 0 Å². The molecule has 0 bridgehead atoms. The van der Waals surface area contributed by atoms with Crippen molar-refractivity contribution in [3.63, 3.8) is 0 Å². The Morgan fingerprint density at radius 2 is 1.39 bits per heavy atom. The minimum absolute atomic E-state index is 0.00519. The van der Waals surface area contributed by atoms with Gasteiger partial charge in [0.15, 0.2) is 17.4 Å². The molecule has 0 aliphatic heterocycles. The van der Waals surface area contributed by atoms with Crippen LogP contribution in [-0.2, 0) is 22.9 Å². The molecule has 12 heteroatoms. The fourth-order valence-corrected chi connectivity index (χ4v) is 6.01. The summed E-state index contributed by atoms with van der Waals surface area (Å²) in [5, 5.41) is -0.231. The maximum Gasteiger partial charge on any atom is 0.461 e. The van der Waals surface area contributed by atoms with Crippen molar-refractivity contribution in [3.8, 4) is 11.5 Å². The van der Waals surface area contributed by atoms with Crippen LogP contribution in [0, 0.1) is 11.6 Å². The molecule has 3 aromatic carbocycles. The topological polar surface area (TPSA) is 47.6 Å². The molecule has 0 saturated heterocycles. The predicted molar refractivity (Wildman–Crippen MR) is 164 cm³/mol. The second kappa shape index (κ2) is 12.9. The van der Waals surface area contributed by atoms with Gasteiger partial charge in [-0.3, -0.25) is 0 Å². The average molecular weight is 660 g/mol. The number of halogens is 6. The summed E-state index contributed by atoms with van der Waals surface area (Å²) in [5.74, 6) is -3.18. The molecule has 3 rings (SSSR count). The van der Waals surface area contributed by atoms with Crippen molar-refractivity contribution in [3.05, 3.63) is 95.1 Å². The van der Waals surface area contributed by atoms with E-state index in [1.807, 2.05) is 33.9 Å². The Labute approximate surface area is 258 Å². The lowest BCUT2D eigenvalue weighted by molar-refractivity contribution is -0.254. The van der Waals surface area contributed by atoms with E-state index in [9.17, 15) is 26.2 Å². The van der Waals surface area contributed by atoms with E-state index in [2.05, 4.69) is 9.46 Å². The highest BCUT2D eigenvalue weighted by Gasteiger charge is 2.46. The predicted octanol–water partition coefficient (Wildman–Crippen LogP) is 9.12. The van der Waals surface area contributed by atoms with Gasteiger partial charge in [-0.1, -0.05) is 63.2 Å². The summed E-state index contributed by atoms with van der Waals surface area (Å²) < 4.78 is 111. The Balaban J connectivity index is 2.32. The molecule has 0 heterocycles. The SMILES string of the molecule is CC(C)(C)[S@@](=O)NC(Cc1ccccc1)(c1ccc(O[Si](C)(C)C(C)(C)C)c(F)c1)c1ccc(F)c(OC(F)(F)C(F)F)c1. The Bertz CT molecular complexity index is 1480. The van der Waals surface area contributed by atoms with E-state index in [1.165, 1.54) is 18.2 Å². The first-order chi connectivity index (χ1) is 20.1. The van der Waals surface area contributed by atoms with Crippen LogP contribution in [0.25, 0.3) is 0 Å². The molecule has 0 aliphatic rings. The summed E-state index contributed by atoms with van der Waals surface area (Å²) in [5.41, 5.74) is -0.755. The van der Waals surface area contributed by atoms with E-state index in [1.54, 1.807) is 57.2 Å². The van der Waals surface area contributed by atoms with Gasteiger partial charge in [0.25, 0.3) is 8.32 Å². The van der Waals surface area contributed by atoms with E-state index in [4.69, 9.17) is 4.43 Å². The van der Waals surface area contributed by atoms with Gasteiger partial charge in [0.05, 0.1) is 21.3 Å². The maximum absolute atomic E-state index is 15.9. The zero-order chi connectivity index (χ0) is 33.3. The Hall–Kier alpha value is -2.83. The molecule has 242 valence electrons. The molecule has 3 aromatic rings. The number of rotatable bonds is 11. The molecule has 44 heavy (non-hydrogen) atoms. The van der Waals surface area contributed by atoms with Gasteiger partial charge in [0.2, 0.25) is 0 Å². The van der Waals surface area contributed by atoms with Crippen LogP contribution in [0.2, 0.25) is 18.1 Å². The summed E-state index contributed by atoms with van der Waals surface area (Å²) in [6.45, 7) is 15.0. The molecule has 1 N–H and O–H groups in total. The van der Waals surface area contributed by atoms with Crippen molar-refractivity contribution in [2.24, 2.45) is 0 Å². The van der Waals surface area contributed by atoms with Crippen LogP contribution in [-0.4, -0.2) is 29.8 Å². The molecule has 0 fully saturated rings. The molecule has 4 nitrogen and oxygen atoms in total. The van der Waals surface area contributed by atoms with Crippen LogP contribution in [0.4, 0.5) is 26.3 Å². The van der Waals surface area contributed by atoms with Gasteiger partial charge in [0, 0.05) is 0 Å². The van der Waals surface area contributed by atoms with Crippen LogP contribution >= 0.6 is 0 Å². The van der Waals surface area contributed by atoms with E-state index in [0.717, 1.165) is 12.1 Å². The van der Waals surface area contributed by atoms with Crippen molar-refractivity contribution in [1.82, 2.24) is 4.72 Å². The second-order valence-corrected chi connectivity index (χ2v) is 19.9. The molecule has 0 saturated carbocycles. The lowest BCUT2D eigenvalue weighted by Gasteiger charge is -2.39. The maximum atomic E-state index is 15.9. The van der Waals surface area contributed by atoms with Crippen LogP contribution in [0.15, 0.2) is 66.7 Å². The molecule has 0 radical (unpaired) electrons. The minimum atomic E-state index is -4.99. The largest absolute Gasteiger partial charge is 0.542 e. The minimum Gasteiger partial charge on any atom is -0.542 e. The van der Waals surface area contributed by atoms with Crippen LogP contribution in [0.3, 0.4) is 0 Å². The van der Waals surface area contributed by atoms with Crippen LogP contribution in [0.5, 0.6) is 11.5 Å². The Kier molecular flexibility index (Phi) is 10.4. The highest BCUT2D eigenvalue weighted by molar-refractivity contribution is 7.84. The van der Waals surface area contributed by atoms with E-state index in [-0.39, 0.29) is 28.3 Å². The Morgan fingerprint density at radius 1 is 0.818 bits per heavy atom. The lowest BCUT2D eigenvalue weighted by Crippen LogP contribution is -2.50. The number of hydrogen-bond acceptors (Lipinski definition) is 3. The molecule has 0 amide bonds. The fraction of sp³-hybridized carbons (Fsp3) is 0.438. The number of hydrogen-bond donors (Lipinski definition) is 1. The normalized spacial score (nSPS) is 15.2. The van der Waals surface area contributed by atoms with E-state index >= 15 is 4.39 Å². The smallest absolute Gasteiger partial charge is 0.461 e. The van der Waals surface area contributed by atoms with Gasteiger partial charge >= 0.3 is 12.5 Å². The van der Waals surface area contributed by atoms with Crippen molar-refractivity contribution < 1.29 is 39.7 Å². The molecule has 0 aliphatic carbocycles. The lowest BCUT2D eigenvalue weighted by atomic mass is 9.78. The third-order valence-corrected chi connectivity index (χ3v) is 13.6. The molecule has 0 spiro atoms. The van der Waals surface area contributed by atoms with Crippen molar-refractivity contribution in [2.75, 3.05) is 0 Å². The quantitative estimate of drug-likeness (QED) is 0.165. The number of alkyl halides is 4. The molecule has 2 atom stereocenters. The summed E-state index contributed by atoms with van der Waals surface area (Å²) in [6.07, 6.45) is -9.24. The average Bonchev–Trinajstić information content (AvgIpc) is 2.89. The molecule has 0 aromatic heterocycles. The summed E-state index contributed by atoms with van der Waals surface area (Å²) in [6, 6.07) is 15.8. The molecular formula is C32H39F6NO3SSi. The highest BCUT2D eigenvalue weighted by atomic mass is 32.2. The van der Waals surface area contributed by atoms with Crippen LogP contribution in [0.1, 0.15) is 58.2 Å². The number of nitrogens with one attached hydrogen (secondary N) is 1. The zero-order valence-corrected chi connectivity index (χ0v) is 27.9. The zero-order valence-electron chi connectivity index (χ0n) is 26.0. The molecule has 1 unspecified atom stereocenters. The first-order valence-corrected chi connectivity index (χ1v) is 18.0. The van der Waals surface area contributed by atoms with Crippen molar-refractivity contribution >= 4 is 19.3 Å². The van der Waals surface area contributed by atoms with Gasteiger partial charge in [-0.25, -0.2) is 17.7 Å². The third kappa shape index (κ3) is 8.05. The summed E-state index contributed by atoms with van der Waals surface area (Å²) >= 11 is 0. The monoisotopic (exact) mass is 659 g/mol.